The van der Waals surface area contributed by atoms with E-state index in [9.17, 15) is 10.1 Å². The van der Waals surface area contributed by atoms with Crippen LogP contribution in [0.5, 0.6) is 0 Å². The van der Waals surface area contributed by atoms with Gasteiger partial charge in [-0.05, 0) is 18.5 Å². The normalized spacial score (nSPS) is 10.9. The van der Waals surface area contributed by atoms with Crippen LogP contribution in [0.25, 0.3) is 0 Å². The summed E-state index contributed by atoms with van der Waals surface area (Å²) in [5.74, 6) is 0. The average Bonchev–Trinajstić information content (AvgIpc) is 2.40. The van der Waals surface area contributed by atoms with Crippen molar-refractivity contribution in [1.29, 1.82) is 0 Å². The monoisotopic (exact) mass is 266 g/mol. The lowest BCUT2D eigenvalue weighted by Crippen LogP contribution is -2.27. The Balaban J connectivity index is 2.54. The van der Waals surface area contributed by atoms with E-state index in [1.54, 1.807) is 12.1 Å². The van der Waals surface area contributed by atoms with Crippen molar-refractivity contribution in [1.82, 2.24) is 4.90 Å². The molecular formula is C14H22N2O3. The highest BCUT2D eigenvalue weighted by Crippen LogP contribution is 2.13. The minimum Gasteiger partial charge on any atom is -0.395 e. The van der Waals surface area contributed by atoms with Crippen LogP contribution in [0.2, 0.25) is 0 Å². The molecule has 0 saturated carbocycles. The molecule has 0 saturated heterocycles. The van der Waals surface area contributed by atoms with Gasteiger partial charge in [0.25, 0.3) is 5.69 Å². The SMILES string of the molecule is CCCCCN(CCO)Cc1ccc([N+](=O)[O-])cc1. The van der Waals surface area contributed by atoms with Crippen LogP contribution in [-0.2, 0) is 6.54 Å². The van der Waals surface area contributed by atoms with Crippen LogP contribution < -0.4 is 0 Å². The molecule has 1 N–H and O–H groups in total. The Kier molecular flexibility index (Phi) is 7.07. The molecule has 0 fully saturated rings. The first-order valence-electron chi connectivity index (χ1n) is 6.74. The molecular weight excluding hydrogens is 244 g/mol. The number of hydrogen-bond donors (Lipinski definition) is 1. The molecule has 0 aliphatic rings. The number of hydrogen-bond acceptors (Lipinski definition) is 4. The molecule has 5 nitrogen and oxygen atoms in total. The minimum atomic E-state index is -0.392. The van der Waals surface area contributed by atoms with Crippen LogP contribution in [0.15, 0.2) is 24.3 Å². The molecule has 19 heavy (non-hydrogen) atoms. The highest BCUT2D eigenvalue weighted by atomic mass is 16.6. The molecule has 1 aromatic rings. The van der Waals surface area contributed by atoms with Crippen molar-refractivity contribution < 1.29 is 10.0 Å². The number of nitro groups is 1. The molecule has 0 aliphatic carbocycles. The van der Waals surface area contributed by atoms with Gasteiger partial charge in [-0.25, -0.2) is 0 Å². The van der Waals surface area contributed by atoms with E-state index in [0.29, 0.717) is 6.54 Å². The maximum Gasteiger partial charge on any atom is 0.269 e. The number of nitrogens with zero attached hydrogens (tertiary/aromatic N) is 2. The third kappa shape index (κ3) is 5.81. The largest absolute Gasteiger partial charge is 0.395 e. The number of non-ortho nitro benzene ring substituents is 1. The Morgan fingerprint density at radius 3 is 2.42 bits per heavy atom. The summed E-state index contributed by atoms with van der Waals surface area (Å²) in [6, 6.07) is 6.61. The number of aliphatic hydroxyl groups is 1. The van der Waals surface area contributed by atoms with Crippen molar-refractivity contribution in [3.8, 4) is 0 Å². The number of rotatable bonds is 9. The van der Waals surface area contributed by atoms with Crippen molar-refractivity contribution in [2.75, 3.05) is 19.7 Å². The van der Waals surface area contributed by atoms with E-state index in [0.717, 1.165) is 25.1 Å². The molecule has 0 spiro atoms. The third-order valence-corrected chi connectivity index (χ3v) is 3.05. The summed E-state index contributed by atoms with van der Waals surface area (Å²) in [4.78, 5) is 12.4. The maximum absolute atomic E-state index is 10.6. The van der Waals surface area contributed by atoms with Gasteiger partial charge in [-0.2, -0.15) is 0 Å². The van der Waals surface area contributed by atoms with Gasteiger partial charge in [0.1, 0.15) is 0 Å². The van der Waals surface area contributed by atoms with Crippen molar-refractivity contribution in [3.63, 3.8) is 0 Å². The predicted molar refractivity (Wildman–Crippen MR) is 75.0 cm³/mol. The Hall–Kier alpha value is -1.46. The van der Waals surface area contributed by atoms with E-state index < -0.39 is 4.92 Å². The van der Waals surface area contributed by atoms with Crippen molar-refractivity contribution >= 4 is 5.69 Å². The highest BCUT2D eigenvalue weighted by Gasteiger charge is 2.08. The molecule has 0 heterocycles. The second-order valence-electron chi connectivity index (χ2n) is 4.63. The smallest absolute Gasteiger partial charge is 0.269 e. The van der Waals surface area contributed by atoms with E-state index >= 15 is 0 Å². The first kappa shape index (κ1) is 15.6. The summed E-state index contributed by atoms with van der Waals surface area (Å²) in [6.45, 7) is 4.61. The van der Waals surface area contributed by atoms with Crippen LogP contribution >= 0.6 is 0 Å². The molecule has 0 aliphatic heterocycles. The molecule has 106 valence electrons. The van der Waals surface area contributed by atoms with Gasteiger partial charge < -0.3 is 5.11 Å². The van der Waals surface area contributed by atoms with Crippen molar-refractivity contribution in [3.05, 3.63) is 39.9 Å². The second kappa shape index (κ2) is 8.61. The lowest BCUT2D eigenvalue weighted by molar-refractivity contribution is -0.384. The number of unbranched alkanes of at least 4 members (excludes halogenated alkanes) is 2. The van der Waals surface area contributed by atoms with E-state index in [1.165, 1.54) is 25.0 Å². The predicted octanol–water partition coefficient (Wildman–Crippen LogP) is 2.58. The molecule has 0 radical (unpaired) electrons. The van der Waals surface area contributed by atoms with Gasteiger partial charge in [0.15, 0.2) is 0 Å². The minimum absolute atomic E-state index is 0.114. The summed E-state index contributed by atoms with van der Waals surface area (Å²) < 4.78 is 0. The molecule has 0 bridgehead atoms. The molecule has 5 heteroatoms. The van der Waals surface area contributed by atoms with Gasteiger partial charge in [0.2, 0.25) is 0 Å². The zero-order valence-electron chi connectivity index (χ0n) is 11.4. The fourth-order valence-corrected chi connectivity index (χ4v) is 1.98. The Morgan fingerprint density at radius 1 is 1.21 bits per heavy atom. The summed E-state index contributed by atoms with van der Waals surface area (Å²) >= 11 is 0. The summed E-state index contributed by atoms with van der Waals surface area (Å²) in [5, 5.41) is 19.6. The molecule has 1 aromatic carbocycles. The maximum atomic E-state index is 10.6. The lowest BCUT2D eigenvalue weighted by atomic mass is 10.2. The molecule has 0 atom stereocenters. The van der Waals surface area contributed by atoms with E-state index in [2.05, 4.69) is 11.8 Å². The van der Waals surface area contributed by atoms with Gasteiger partial charge >= 0.3 is 0 Å². The van der Waals surface area contributed by atoms with Gasteiger partial charge in [0, 0.05) is 25.2 Å². The Labute approximate surface area is 114 Å². The van der Waals surface area contributed by atoms with Crippen LogP contribution in [0.4, 0.5) is 5.69 Å². The summed E-state index contributed by atoms with van der Waals surface area (Å²) in [5.41, 5.74) is 1.15. The lowest BCUT2D eigenvalue weighted by Gasteiger charge is -2.21. The van der Waals surface area contributed by atoms with Crippen LogP contribution in [0, 0.1) is 10.1 Å². The topological polar surface area (TPSA) is 66.6 Å². The average molecular weight is 266 g/mol. The first-order valence-corrected chi connectivity index (χ1v) is 6.74. The van der Waals surface area contributed by atoms with Gasteiger partial charge in [-0.3, -0.25) is 15.0 Å². The van der Waals surface area contributed by atoms with Crippen LogP contribution in [0.1, 0.15) is 31.7 Å². The first-order chi connectivity index (χ1) is 9.17. The number of nitro benzene ring substituents is 1. The standard InChI is InChI=1S/C14H22N2O3/c1-2-3-4-9-15(10-11-17)12-13-5-7-14(8-6-13)16(18)19/h5-8,17H,2-4,9-12H2,1H3. The summed E-state index contributed by atoms with van der Waals surface area (Å²) in [6.07, 6.45) is 3.47. The van der Waals surface area contributed by atoms with E-state index in [-0.39, 0.29) is 12.3 Å². The van der Waals surface area contributed by atoms with Gasteiger partial charge in [0.05, 0.1) is 11.5 Å². The van der Waals surface area contributed by atoms with E-state index in [1.807, 2.05) is 0 Å². The van der Waals surface area contributed by atoms with Gasteiger partial charge in [-0.1, -0.05) is 31.9 Å². The fraction of sp³-hybridized carbons (Fsp3) is 0.571. The third-order valence-electron chi connectivity index (χ3n) is 3.05. The van der Waals surface area contributed by atoms with Crippen LogP contribution in [0.3, 0.4) is 0 Å². The molecule has 0 aromatic heterocycles. The molecule has 0 amide bonds. The summed E-state index contributed by atoms with van der Waals surface area (Å²) in [7, 11) is 0. The molecule has 1 rings (SSSR count). The zero-order valence-corrected chi connectivity index (χ0v) is 11.4. The highest BCUT2D eigenvalue weighted by molar-refractivity contribution is 5.32. The quantitative estimate of drug-likeness (QED) is 0.424. The second-order valence-corrected chi connectivity index (χ2v) is 4.63. The Bertz CT molecular complexity index is 379. The molecule has 0 unspecified atom stereocenters. The number of aliphatic hydroxyl groups excluding tert-OH is 1. The van der Waals surface area contributed by atoms with Gasteiger partial charge in [-0.15, -0.1) is 0 Å². The van der Waals surface area contributed by atoms with Crippen molar-refractivity contribution in [2.45, 2.75) is 32.7 Å². The zero-order chi connectivity index (χ0) is 14.1. The Morgan fingerprint density at radius 2 is 1.89 bits per heavy atom. The van der Waals surface area contributed by atoms with Crippen LogP contribution in [-0.4, -0.2) is 34.6 Å². The van der Waals surface area contributed by atoms with E-state index in [4.69, 9.17) is 5.11 Å². The fourth-order valence-electron chi connectivity index (χ4n) is 1.98. The number of benzene rings is 1. The van der Waals surface area contributed by atoms with Crippen molar-refractivity contribution in [2.24, 2.45) is 0 Å².